The van der Waals surface area contributed by atoms with Crippen LogP contribution in [0.2, 0.25) is 0 Å². The fourth-order valence-corrected chi connectivity index (χ4v) is 3.60. The van der Waals surface area contributed by atoms with Crippen molar-refractivity contribution in [2.75, 3.05) is 45.2 Å². The summed E-state index contributed by atoms with van der Waals surface area (Å²) in [5, 5.41) is 6.20. The van der Waals surface area contributed by atoms with Crippen molar-refractivity contribution in [1.29, 1.82) is 0 Å². The van der Waals surface area contributed by atoms with Gasteiger partial charge in [-0.3, -0.25) is 0 Å². The molecule has 2 amide bonds. The van der Waals surface area contributed by atoms with Gasteiger partial charge < -0.3 is 20.4 Å². The first-order valence-corrected chi connectivity index (χ1v) is 9.66. The Balaban J connectivity index is 1.48. The summed E-state index contributed by atoms with van der Waals surface area (Å²) in [4.78, 5) is 16.9. The molecule has 144 valence electrons. The van der Waals surface area contributed by atoms with E-state index < -0.39 is 0 Å². The van der Waals surface area contributed by atoms with E-state index in [1.54, 1.807) is 0 Å². The lowest BCUT2D eigenvalue weighted by molar-refractivity contribution is 0.231. The van der Waals surface area contributed by atoms with Gasteiger partial charge in [0.2, 0.25) is 0 Å². The molecular formula is C22H30N4O. The van der Waals surface area contributed by atoms with Crippen LogP contribution in [0.1, 0.15) is 18.0 Å². The number of nitrogens with zero attached hydrogens (tertiary/aromatic N) is 2. The van der Waals surface area contributed by atoms with Gasteiger partial charge in [0.25, 0.3) is 0 Å². The van der Waals surface area contributed by atoms with Crippen molar-refractivity contribution in [3.05, 3.63) is 66.2 Å². The molecule has 2 aromatic rings. The Labute approximate surface area is 162 Å². The number of urea groups is 1. The summed E-state index contributed by atoms with van der Waals surface area (Å²) >= 11 is 0. The van der Waals surface area contributed by atoms with Crippen LogP contribution in [0, 0.1) is 5.92 Å². The van der Waals surface area contributed by atoms with Crippen LogP contribution >= 0.6 is 0 Å². The second kappa shape index (κ2) is 9.42. The van der Waals surface area contributed by atoms with E-state index in [1.807, 2.05) is 38.4 Å². The number of anilines is 1. The Morgan fingerprint density at radius 2 is 1.78 bits per heavy atom. The minimum Gasteiger partial charge on any atom is -0.371 e. The normalized spacial score (nSPS) is 17.7. The highest BCUT2D eigenvalue weighted by Gasteiger charge is 2.23. The summed E-state index contributed by atoms with van der Waals surface area (Å²) in [5.74, 6) is 0.486. The number of likely N-dealkylation sites (N-methyl/N-ethyl adjacent to an activating group) is 1. The van der Waals surface area contributed by atoms with Crippen LogP contribution < -0.4 is 15.5 Å². The molecule has 5 nitrogen and oxygen atoms in total. The third-order valence-electron chi connectivity index (χ3n) is 5.01. The van der Waals surface area contributed by atoms with Gasteiger partial charge in [-0.15, -0.1) is 0 Å². The first-order valence-electron chi connectivity index (χ1n) is 9.66. The SMILES string of the molecule is CN(C)CC(NC(=O)NCC1CCN(c2ccccc2)C1)c1ccccc1. The number of hydrogen-bond acceptors (Lipinski definition) is 3. The average Bonchev–Trinajstić information content (AvgIpc) is 3.16. The highest BCUT2D eigenvalue weighted by Crippen LogP contribution is 2.23. The van der Waals surface area contributed by atoms with E-state index in [0.717, 1.165) is 31.6 Å². The Bertz CT molecular complexity index is 705. The Morgan fingerprint density at radius 3 is 2.44 bits per heavy atom. The van der Waals surface area contributed by atoms with E-state index in [9.17, 15) is 4.79 Å². The predicted molar refractivity (Wildman–Crippen MR) is 111 cm³/mol. The second-order valence-corrected chi connectivity index (χ2v) is 7.52. The number of benzene rings is 2. The molecule has 2 N–H and O–H groups in total. The van der Waals surface area contributed by atoms with Crippen molar-refractivity contribution in [3.8, 4) is 0 Å². The van der Waals surface area contributed by atoms with E-state index in [-0.39, 0.29) is 12.1 Å². The minimum atomic E-state index is -0.0936. The fourth-order valence-electron chi connectivity index (χ4n) is 3.60. The molecule has 1 aliphatic rings. The number of hydrogen-bond donors (Lipinski definition) is 2. The van der Waals surface area contributed by atoms with Gasteiger partial charge >= 0.3 is 6.03 Å². The molecule has 3 rings (SSSR count). The van der Waals surface area contributed by atoms with Gasteiger partial charge in [-0.2, -0.15) is 0 Å². The zero-order valence-corrected chi connectivity index (χ0v) is 16.3. The molecule has 1 fully saturated rings. The van der Waals surface area contributed by atoms with Crippen molar-refractivity contribution in [3.63, 3.8) is 0 Å². The summed E-state index contributed by atoms with van der Waals surface area (Å²) in [6.45, 7) is 3.51. The lowest BCUT2D eigenvalue weighted by Gasteiger charge is -2.23. The number of carbonyl (C=O) groups is 1. The Kier molecular flexibility index (Phi) is 6.71. The van der Waals surface area contributed by atoms with E-state index in [4.69, 9.17) is 0 Å². The zero-order valence-electron chi connectivity index (χ0n) is 16.3. The topological polar surface area (TPSA) is 47.6 Å². The Morgan fingerprint density at radius 1 is 1.11 bits per heavy atom. The first kappa shape index (κ1) is 19.2. The molecule has 5 heteroatoms. The summed E-state index contributed by atoms with van der Waals surface area (Å²) < 4.78 is 0. The molecule has 2 atom stereocenters. The molecule has 0 aliphatic carbocycles. The number of amides is 2. The van der Waals surface area contributed by atoms with Crippen molar-refractivity contribution < 1.29 is 4.79 Å². The smallest absolute Gasteiger partial charge is 0.315 e. The number of carbonyl (C=O) groups excluding carboxylic acids is 1. The van der Waals surface area contributed by atoms with Crippen molar-refractivity contribution >= 4 is 11.7 Å². The van der Waals surface area contributed by atoms with Gasteiger partial charge in [-0.25, -0.2) is 4.79 Å². The molecule has 1 aliphatic heterocycles. The molecule has 27 heavy (non-hydrogen) atoms. The third kappa shape index (κ3) is 5.73. The van der Waals surface area contributed by atoms with Gasteiger partial charge in [0.05, 0.1) is 6.04 Å². The summed E-state index contributed by atoms with van der Waals surface area (Å²) in [5.41, 5.74) is 2.39. The van der Waals surface area contributed by atoms with Crippen molar-refractivity contribution in [2.45, 2.75) is 12.5 Å². The average molecular weight is 367 g/mol. The number of nitrogens with one attached hydrogen (secondary N) is 2. The second-order valence-electron chi connectivity index (χ2n) is 7.52. The van der Waals surface area contributed by atoms with Gasteiger partial charge in [0, 0.05) is 31.9 Å². The van der Waals surface area contributed by atoms with Crippen LogP contribution in [-0.2, 0) is 0 Å². The van der Waals surface area contributed by atoms with Crippen LogP contribution in [-0.4, -0.2) is 51.2 Å². The van der Waals surface area contributed by atoms with E-state index in [1.165, 1.54) is 5.69 Å². The van der Waals surface area contributed by atoms with Crippen molar-refractivity contribution in [1.82, 2.24) is 15.5 Å². The van der Waals surface area contributed by atoms with Crippen LogP contribution in [0.5, 0.6) is 0 Å². The number of rotatable bonds is 7. The summed E-state index contributed by atoms with van der Waals surface area (Å²) in [6, 6.07) is 20.5. The van der Waals surface area contributed by atoms with Crippen LogP contribution in [0.3, 0.4) is 0 Å². The lowest BCUT2D eigenvalue weighted by atomic mass is 10.1. The monoisotopic (exact) mass is 366 g/mol. The quantitative estimate of drug-likeness (QED) is 0.792. The van der Waals surface area contributed by atoms with Gasteiger partial charge in [0.15, 0.2) is 0 Å². The molecule has 1 saturated heterocycles. The fraction of sp³-hybridized carbons (Fsp3) is 0.409. The van der Waals surface area contributed by atoms with Gasteiger partial charge in [0.1, 0.15) is 0 Å². The van der Waals surface area contributed by atoms with Crippen LogP contribution in [0.4, 0.5) is 10.5 Å². The first-order chi connectivity index (χ1) is 13.1. The van der Waals surface area contributed by atoms with Crippen LogP contribution in [0.25, 0.3) is 0 Å². The molecule has 2 aromatic carbocycles. The highest BCUT2D eigenvalue weighted by atomic mass is 16.2. The highest BCUT2D eigenvalue weighted by molar-refractivity contribution is 5.74. The molecule has 2 unspecified atom stereocenters. The van der Waals surface area contributed by atoms with Crippen LogP contribution in [0.15, 0.2) is 60.7 Å². The maximum absolute atomic E-state index is 12.5. The molecular weight excluding hydrogens is 336 g/mol. The molecule has 0 radical (unpaired) electrons. The summed E-state index contributed by atoms with van der Waals surface area (Å²) in [6.07, 6.45) is 1.11. The molecule has 0 saturated carbocycles. The molecule has 0 bridgehead atoms. The predicted octanol–water partition coefficient (Wildman–Crippen LogP) is 3.12. The molecule has 0 spiro atoms. The minimum absolute atomic E-state index is 0.0226. The standard InChI is InChI=1S/C22H30N4O/c1-25(2)17-21(19-9-5-3-6-10-19)24-22(27)23-15-18-13-14-26(16-18)20-11-7-4-8-12-20/h3-12,18,21H,13-17H2,1-2H3,(H2,23,24,27). The lowest BCUT2D eigenvalue weighted by Crippen LogP contribution is -2.43. The zero-order chi connectivity index (χ0) is 19.1. The number of para-hydroxylation sites is 1. The van der Waals surface area contributed by atoms with Crippen molar-refractivity contribution in [2.24, 2.45) is 5.92 Å². The maximum atomic E-state index is 12.5. The largest absolute Gasteiger partial charge is 0.371 e. The maximum Gasteiger partial charge on any atom is 0.315 e. The summed E-state index contributed by atoms with van der Waals surface area (Å²) in [7, 11) is 4.04. The van der Waals surface area contributed by atoms with Gasteiger partial charge in [-0.1, -0.05) is 48.5 Å². The third-order valence-corrected chi connectivity index (χ3v) is 5.01. The van der Waals surface area contributed by atoms with E-state index >= 15 is 0 Å². The molecule has 1 heterocycles. The Hall–Kier alpha value is -2.53. The van der Waals surface area contributed by atoms with E-state index in [0.29, 0.717) is 12.5 Å². The molecule has 0 aromatic heterocycles. The van der Waals surface area contributed by atoms with E-state index in [2.05, 4.69) is 56.8 Å². The van der Waals surface area contributed by atoms with Gasteiger partial charge in [-0.05, 0) is 44.1 Å².